The maximum Gasteiger partial charge on any atom is 0.275 e. The number of benzene rings is 1. The number of anilines is 1. The predicted octanol–water partition coefficient (Wildman–Crippen LogP) is 2.75. The summed E-state index contributed by atoms with van der Waals surface area (Å²) in [5, 5.41) is 9.13. The molecule has 0 aliphatic carbocycles. The second-order valence-electron chi connectivity index (χ2n) is 6.94. The lowest BCUT2D eigenvalue weighted by molar-refractivity contribution is -0.121. The quantitative estimate of drug-likeness (QED) is 0.732. The van der Waals surface area contributed by atoms with Crippen LogP contribution in [0.5, 0.6) is 0 Å². The summed E-state index contributed by atoms with van der Waals surface area (Å²) in [6.45, 7) is 1.76. The van der Waals surface area contributed by atoms with E-state index in [1.54, 1.807) is 24.4 Å². The Labute approximate surface area is 166 Å². The number of hydrogen-bond donors (Lipinski definition) is 1. The standard InChI is InChI=1S/C20H20ClN5O2/c21-16-7-8-18(22-11-16)24-19(27)15-5-3-9-25(12-15)13-26-20(28)17-6-2-1-4-14(17)10-23-26/h1-2,4,6-8,10-11,15H,3,5,9,12-13H2,(H,22,24,27). The number of carbonyl (C=O) groups is 1. The summed E-state index contributed by atoms with van der Waals surface area (Å²) < 4.78 is 1.46. The number of piperidine rings is 1. The number of rotatable bonds is 4. The highest BCUT2D eigenvalue weighted by atomic mass is 35.5. The molecule has 1 unspecified atom stereocenters. The molecular formula is C20H20ClN5O2. The Morgan fingerprint density at radius 3 is 2.89 bits per heavy atom. The summed E-state index contributed by atoms with van der Waals surface area (Å²) in [7, 11) is 0. The lowest BCUT2D eigenvalue weighted by Gasteiger charge is -2.31. The van der Waals surface area contributed by atoms with Crippen LogP contribution in [0.4, 0.5) is 5.82 Å². The highest BCUT2D eigenvalue weighted by Crippen LogP contribution is 2.19. The van der Waals surface area contributed by atoms with Gasteiger partial charge in [0.05, 0.1) is 29.2 Å². The molecule has 1 aromatic carbocycles. The topological polar surface area (TPSA) is 80.1 Å². The van der Waals surface area contributed by atoms with Crippen molar-refractivity contribution >= 4 is 34.1 Å². The number of aromatic nitrogens is 3. The first kappa shape index (κ1) is 18.6. The summed E-state index contributed by atoms with van der Waals surface area (Å²) in [6.07, 6.45) is 4.89. The number of fused-ring (bicyclic) bond motifs is 1. The van der Waals surface area contributed by atoms with Crippen molar-refractivity contribution in [2.75, 3.05) is 18.4 Å². The zero-order valence-electron chi connectivity index (χ0n) is 15.2. The number of carbonyl (C=O) groups excluding carboxylic acids is 1. The third-order valence-electron chi connectivity index (χ3n) is 4.95. The number of hydrogen-bond acceptors (Lipinski definition) is 5. The summed E-state index contributed by atoms with van der Waals surface area (Å²) in [5.41, 5.74) is -0.116. The number of halogens is 1. The van der Waals surface area contributed by atoms with E-state index in [-0.39, 0.29) is 17.4 Å². The molecule has 1 N–H and O–H groups in total. The maximum absolute atomic E-state index is 12.7. The van der Waals surface area contributed by atoms with Crippen molar-refractivity contribution in [1.29, 1.82) is 0 Å². The molecule has 1 fully saturated rings. The Bertz CT molecular complexity index is 1050. The number of amides is 1. The Kier molecular flexibility index (Phi) is 5.36. The number of nitrogens with zero attached hydrogens (tertiary/aromatic N) is 4. The molecule has 3 aromatic rings. The molecule has 1 aliphatic heterocycles. The van der Waals surface area contributed by atoms with Crippen molar-refractivity contribution in [3.05, 3.63) is 64.2 Å². The van der Waals surface area contributed by atoms with Gasteiger partial charge in [-0.2, -0.15) is 5.10 Å². The van der Waals surface area contributed by atoms with Gasteiger partial charge in [0.2, 0.25) is 5.91 Å². The van der Waals surface area contributed by atoms with Crippen LogP contribution in [-0.2, 0) is 11.5 Å². The molecule has 0 radical (unpaired) electrons. The van der Waals surface area contributed by atoms with Crippen LogP contribution in [0.15, 0.2) is 53.6 Å². The minimum absolute atomic E-state index is 0.0710. The highest BCUT2D eigenvalue weighted by molar-refractivity contribution is 6.30. The van der Waals surface area contributed by atoms with Crippen LogP contribution in [0.25, 0.3) is 10.8 Å². The summed E-state index contributed by atoms with van der Waals surface area (Å²) in [4.78, 5) is 31.5. The molecule has 4 rings (SSSR count). The minimum atomic E-state index is -0.164. The van der Waals surface area contributed by atoms with Crippen molar-refractivity contribution in [2.24, 2.45) is 5.92 Å². The Morgan fingerprint density at radius 1 is 1.21 bits per heavy atom. The smallest absolute Gasteiger partial charge is 0.275 e. The van der Waals surface area contributed by atoms with Gasteiger partial charge in [-0.1, -0.05) is 29.8 Å². The van der Waals surface area contributed by atoms with E-state index >= 15 is 0 Å². The highest BCUT2D eigenvalue weighted by Gasteiger charge is 2.26. The average Bonchev–Trinajstić information content (AvgIpc) is 2.72. The summed E-state index contributed by atoms with van der Waals surface area (Å²) >= 11 is 5.83. The van der Waals surface area contributed by atoms with E-state index in [1.807, 2.05) is 18.2 Å². The first-order valence-corrected chi connectivity index (χ1v) is 9.57. The molecule has 0 saturated carbocycles. The Balaban J connectivity index is 1.44. The van der Waals surface area contributed by atoms with Gasteiger partial charge in [0, 0.05) is 18.1 Å². The molecule has 7 nitrogen and oxygen atoms in total. The zero-order valence-corrected chi connectivity index (χ0v) is 16.0. The van der Waals surface area contributed by atoms with Crippen LogP contribution < -0.4 is 10.9 Å². The molecule has 8 heteroatoms. The molecule has 1 aliphatic rings. The third-order valence-corrected chi connectivity index (χ3v) is 5.17. The largest absolute Gasteiger partial charge is 0.310 e. The lowest BCUT2D eigenvalue weighted by Crippen LogP contribution is -2.43. The lowest BCUT2D eigenvalue weighted by atomic mass is 9.97. The van der Waals surface area contributed by atoms with Crippen LogP contribution >= 0.6 is 11.6 Å². The number of pyridine rings is 1. The Morgan fingerprint density at radius 2 is 2.07 bits per heavy atom. The van der Waals surface area contributed by atoms with Gasteiger partial charge in [0.1, 0.15) is 5.82 Å². The van der Waals surface area contributed by atoms with Crippen LogP contribution in [0, 0.1) is 5.92 Å². The van der Waals surface area contributed by atoms with E-state index in [0.29, 0.717) is 29.4 Å². The van der Waals surface area contributed by atoms with Crippen LogP contribution in [0.3, 0.4) is 0 Å². The molecule has 0 bridgehead atoms. The van der Waals surface area contributed by atoms with E-state index < -0.39 is 0 Å². The average molecular weight is 398 g/mol. The van der Waals surface area contributed by atoms with E-state index in [0.717, 1.165) is 24.8 Å². The third kappa shape index (κ3) is 4.05. The van der Waals surface area contributed by atoms with E-state index in [4.69, 9.17) is 11.6 Å². The summed E-state index contributed by atoms with van der Waals surface area (Å²) in [6, 6.07) is 10.8. The van der Waals surface area contributed by atoms with Crippen LogP contribution in [-0.4, -0.2) is 38.7 Å². The van der Waals surface area contributed by atoms with Crippen LogP contribution in [0.1, 0.15) is 12.8 Å². The first-order valence-electron chi connectivity index (χ1n) is 9.20. The Hall–Kier alpha value is -2.77. The fourth-order valence-electron chi connectivity index (χ4n) is 3.49. The molecule has 3 heterocycles. The van der Waals surface area contributed by atoms with Gasteiger partial charge in [-0.15, -0.1) is 0 Å². The van der Waals surface area contributed by atoms with Gasteiger partial charge < -0.3 is 5.32 Å². The van der Waals surface area contributed by atoms with Crippen molar-refractivity contribution in [3.63, 3.8) is 0 Å². The zero-order chi connectivity index (χ0) is 19.5. The fourth-order valence-corrected chi connectivity index (χ4v) is 3.61. The second-order valence-corrected chi connectivity index (χ2v) is 7.38. The predicted molar refractivity (Wildman–Crippen MR) is 108 cm³/mol. The van der Waals surface area contributed by atoms with Gasteiger partial charge in [0.25, 0.3) is 5.56 Å². The molecule has 2 aromatic heterocycles. The van der Waals surface area contributed by atoms with E-state index in [2.05, 4.69) is 20.3 Å². The van der Waals surface area contributed by atoms with E-state index in [9.17, 15) is 9.59 Å². The summed E-state index contributed by atoms with van der Waals surface area (Å²) in [5.74, 6) is 0.250. The second kappa shape index (κ2) is 8.08. The fraction of sp³-hybridized carbons (Fsp3) is 0.300. The monoisotopic (exact) mass is 397 g/mol. The maximum atomic E-state index is 12.7. The van der Waals surface area contributed by atoms with Gasteiger partial charge in [-0.25, -0.2) is 9.67 Å². The SMILES string of the molecule is O=C(Nc1ccc(Cl)cn1)C1CCCN(Cn2ncc3ccccc3c2=O)C1. The minimum Gasteiger partial charge on any atom is -0.310 e. The van der Waals surface area contributed by atoms with Crippen molar-refractivity contribution in [2.45, 2.75) is 19.5 Å². The van der Waals surface area contributed by atoms with Gasteiger partial charge in [-0.05, 0) is 37.6 Å². The number of nitrogens with one attached hydrogen (secondary N) is 1. The van der Waals surface area contributed by atoms with Gasteiger partial charge >= 0.3 is 0 Å². The molecular weight excluding hydrogens is 378 g/mol. The van der Waals surface area contributed by atoms with Gasteiger partial charge in [0.15, 0.2) is 0 Å². The molecule has 1 amide bonds. The normalized spacial score (nSPS) is 17.5. The van der Waals surface area contributed by atoms with Crippen molar-refractivity contribution in [3.8, 4) is 0 Å². The van der Waals surface area contributed by atoms with E-state index in [1.165, 1.54) is 10.9 Å². The molecule has 1 atom stereocenters. The van der Waals surface area contributed by atoms with Crippen molar-refractivity contribution in [1.82, 2.24) is 19.7 Å². The molecule has 144 valence electrons. The van der Waals surface area contributed by atoms with Crippen LogP contribution in [0.2, 0.25) is 5.02 Å². The van der Waals surface area contributed by atoms with Crippen molar-refractivity contribution < 1.29 is 4.79 Å². The number of likely N-dealkylation sites (tertiary alicyclic amines) is 1. The first-order chi connectivity index (χ1) is 13.6. The molecule has 28 heavy (non-hydrogen) atoms. The molecule has 0 spiro atoms. The van der Waals surface area contributed by atoms with Gasteiger partial charge in [-0.3, -0.25) is 14.5 Å². The molecule has 1 saturated heterocycles.